The third kappa shape index (κ3) is 9.92. The summed E-state index contributed by atoms with van der Waals surface area (Å²) >= 11 is 9.63. The number of rotatable bonds is 7. The van der Waals surface area contributed by atoms with Crippen molar-refractivity contribution in [2.24, 2.45) is 0 Å². The number of halogens is 2. The molecule has 1 heterocycles. The van der Waals surface area contributed by atoms with Crippen LogP contribution in [0.3, 0.4) is 0 Å². The molecule has 0 amide bonds. The van der Waals surface area contributed by atoms with E-state index in [-0.39, 0.29) is 0 Å². The summed E-state index contributed by atoms with van der Waals surface area (Å²) in [6.07, 6.45) is 0. The Balaban J connectivity index is 0.000000527. The minimum Gasteiger partial charge on any atom is -0.488 e. The molecule has 2 rings (SSSR count). The van der Waals surface area contributed by atoms with Gasteiger partial charge in [0.15, 0.2) is 5.75 Å². The highest BCUT2D eigenvalue weighted by molar-refractivity contribution is 9.10. The predicted molar refractivity (Wildman–Crippen MR) is 103 cm³/mol. The summed E-state index contributed by atoms with van der Waals surface area (Å²) in [5.41, 5.74) is 1.10. The van der Waals surface area contributed by atoms with Crippen molar-refractivity contribution in [2.75, 3.05) is 52.7 Å². The monoisotopic (exact) mass is 467 g/mol. The first kappa shape index (κ1) is 23.6. The van der Waals surface area contributed by atoms with Gasteiger partial charge >= 0.3 is 11.9 Å². The molecule has 0 atom stereocenters. The van der Waals surface area contributed by atoms with Crippen LogP contribution in [-0.2, 0) is 19.1 Å². The number of morpholine rings is 1. The Morgan fingerprint density at radius 1 is 1.19 bits per heavy atom. The highest BCUT2D eigenvalue weighted by Gasteiger charge is 2.10. The fourth-order valence-corrected chi connectivity index (χ4v) is 3.28. The van der Waals surface area contributed by atoms with E-state index in [0.717, 1.165) is 42.9 Å². The maximum atomic E-state index is 9.10. The number of aryl methyl sites for hydroxylation is 1. The zero-order chi connectivity index (χ0) is 20.2. The number of carbonyl (C=O) groups is 2. The Hall–Kier alpha value is -1.39. The largest absolute Gasteiger partial charge is 0.488 e. The van der Waals surface area contributed by atoms with Crippen LogP contribution in [0.15, 0.2) is 16.6 Å². The first-order valence-corrected chi connectivity index (χ1v) is 9.41. The highest BCUT2D eigenvalue weighted by Crippen LogP contribution is 2.34. The van der Waals surface area contributed by atoms with E-state index in [2.05, 4.69) is 20.8 Å². The first-order chi connectivity index (χ1) is 12.8. The highest BCUT2D eigenvalue weighted by atomic mass is 79.9. The molecule has 27 heavy (non-hydrogen) atoms. The van der Waals surface area contributed by atoms with Crippen molar-refractivity contribution in [3.63, 3.8) is 0 Å². The van der Waals surface area contributed by atoms with Crippen molar-refractivity contribution in [3.05, 3.63) is 27.2 Å². The molecule has 152 valence electrons. The van der Waals surface area contributed by atoms with Crippen LogP contribution in [0.25, 0.3) is 0 Å². The Labute approximate surface area is 171 Å². The van der Waals surface area contributed by atoms with Gasteiger partial charge in [-0.2, -0.15) is 0 Å². The molecule has 1 saturated heterocycles. The van der Waals surface area contributed by atoms with Gasteiger partial charge in [-0.15, -0.1) is 0 Å². The zero-order valence-electron chi connectivity index (χ0n) is 15.0. The number of hydrogen-bond donors (Lipinski definition) is 2. The molecule has 0 radical (unpaired) electrons. The average molecular weight is 469 g/mol. The van der Waals surface area contributed by atoms with Gasteiger partial charge in [-0.1, -0.05) is 11.6 Å². The Kier molecular flexibility index (Phi) is 11.3. The van der Waals surface area contributed by atoms with Gasteiger partial charge in [-0.3, -0.25) is 4.90 Å². The third-order valence-corrected chi connectivity index (χ3v) is 4.32. The molecule has 0 aliphatic carbocycles. The summed E-state index contributed by atoms with van der Waals surface area (Å²) in [5.74, 6) is -2.97. The molecule has 1 fully saturated rings. The minimum absolute atomic E-state index is 0.491. The smallest absolute Gasteiger partial charge is 0.414 e. The Morgan fingerprint density at radius 3 is 2.37 bits per heavy atom. The second kappa shape index (κ2) is 12.9. The summed E-state index contributed by atoms with van der Waals surface area (Å²) in [5, 5.41) is 15.4. The molecular formula is C17H23BrClNO7. The number of ether oxygens (including phenoxy) is 3. The zero-order valence-corrected chi connectivity index (χ0v) is 17.3. The van der Waals surface area contributed by atoms with Crippen LogP contribution in [0.1, 0.15) is 5.56 Å². The molecule has 0 bridgehead atoms. The molecule has 8 nitrogen and oxygen atoms in total. The van der Waals surface area contributed by atoms with Crippen molar-refractivity contribution in [1.29, 1.82) is 0 Å². The van der Waals surface area contributed by atoms with E-state index in [1.54, 1.807) is 0 Å². The van der Waals surface area contributed by atoms with E-state index in [9.17, 15) is 0 Å². The fourth-order valence-electron chi connectivity index (χ4n) is 2.15. The van der Waals surface area contributed by atoms with E-state index >= 15 is 0 Å². The van der Waals surface area contributed by atoms with Gasteiger partial charge in [0, 0.05) is 19.6 Å². The van der Waals surface area contributed by atoms with Crippen LogP contribution in [0.4, 0.5) is 0 Å². The van der Waals surface area contributed by atoms with Gasteiger partial charge in [-0.25, -0.2) is 9.59 Å². The van der Waals surface area contributed by atoms with Gasteiger partial charge in [-0.05, 0) is 40.5 Å². The molecule has 10 heteroatoms. The molecule has 2 N–H and O–H groups in total. The Morgan fingerprint density at radius 2 is 1.81 bits per heavy atom. The van der Waals surface area contributed by atoms with Gasteiger partial charge in [0.25, 0.3) is 0 Å². The normalized spacial score (nSPS) is 14.2. The molecular weight excluding hydrogens is 446 g/mol. The second-order valence-corrected chi connectivity index (χ2v) is 6.84. The average Bonchev–Trinajstić information content (AvgIpc) is 2.61. The minimum atomic E-state index is -1.82. The summed E-state index contributed by atoms with van der Waals surface area (Å²) in [7, 11) is 0. The second-order valence-electron chi connectivity index (χ2n) is 5.58. The standard InChI is InChI=1S/C15H21BrClNO3.C2H2O4/c1-12-10-13(16)15(14(17)11-12)21-9-8-20-7-4-18-2-5-19-6-3-18;3-1(4)2(5)6/h10-11H,2-9H2,1H3;(H,3,4)(H,5,6). The van der Waals surface area contributed by atoms with E-state index in [0.29, 0.717) is 30.6 Å². The van der Waals surface area contributed by atoms with Crippen LogP contribution >= 0.6 is 27.5 Å². The van der Waals surface area contributed by atoms with Crippen molar-refractivity contribution >= 4 is 39.5 Å². The number of nitrogens with zero attached hydrogens (tertiary/aromatic N) is 1. The van der Waals surface area contributed by atoms with Gasteiger partial charge in [0.05, 0.1) is 35.9 Å². The van der Waals surface area contributed by atoms with Crippen LogP contribution < -0.4 is 4.74 Å². The van der Waals surface area contributed by atoms with E-state index < -0.39 is 11.9 Å². The Bertz CT molecular complexity index is 588. The SMILES string of the molecule is Cc1cc(Cl)c(OCCOCCN2CCOCC2)c(Br)c1.O=C(O)C(=O)O. The molecule has 0 spiro atoms. The summed E-state index contributed by atoms with van der Waals surface area (Å²) in [6, 6.07) is 3.88. The van der Waals surface area contributed by atoms with Crippen LogP contribution in [0.5, 0.6) is 5.75 Å². The third-order valence-electron chi connectivity index (χ3n) is 3.46. The molecule has 0 saturated carbocycles. The van der Waals surface area contributed by atoms with Crippen molar-refractivity contribution < 1.29 is 34.0 Å². The van der Waals surface area contributed by atoms with Gasteiger partial charge in [0.2, 0.25) is 0 Å². The van der Waals surface area contributed by atoms with E-state index in [1.165, 1.54) is 0 Å². The molecule has 1 aromatic carbocycles. The van der Waals surface area contributed by atoms with E-state index in [4.69, 9.17) is 45.6 Å². The molecule has 0 aromatic heterocycles. The summed E-state index contributed by atoms with van der Waals surface area (Å²) in [4.78, 5) is 20.5. The summed E-state index contributed by atoms with van der Waals surface area (Å²) < 4.78 is 17.5. The lowest BCUT2D eigenvalue weighted by molar-refractivity contribution is -0.159. The number of aliphatic carboxylic acids is 2. The maximum absolute atomic E-state index is 9.10. The summed E-state index contributed by atoms with van der Waals surface area (Å²) in [6.45, 7) is 8.33. The molecule has 1 aromatic rings. The van der Waals surface area contributed by atoms with Gasteiger partial charge in [0.1, 0.15) is 6.61 Å². The van der Waals surface area contributed by atoms with Crippen molar-refractivity contribution in [1.82, 2.24) is 4.90 Å². The van der Waals surface area contributed by atoms with Crippen LogP contribution in [-0.4, -0.2) is 79.7 Å². The quantitative estimate of drug-likeness (QED) is 0.464. The van der Waals surface area contributed by atoms with Crippen LogP contribution in [0, 0.1) is 6.92 Å². The van der Waals surface area contributed by atoms with Crippen molar-refractivity contribution in [2.45, 2.75) is 6.92 Å². The number of benzene rings is 1. The first-order valence-electron chi connectivity index (χ1n) is 8.23. The maximum Gasteiger partial charge on any atom is 0.414 e. The lowest BCUT2D eigenvalue weighted by Crippen LogP contribution is -2.38. The molecule has 0 unspecified atom stereocenters. The molecule has 1 aliphatic heterocycles. The van der Waals surface area contributed by atoms with Crippen molar-refractivity contribution in [3.8, 4) is 5.75 Å². The van der Waals surface area contributed by atoms with E-state index in [1.807, 2.05) is 19.1 Å². The topological polar surface area (TPSA) is 106 Å². The number of carboxylic acid groups (broad SMARTS) is 2. The molecule has 1 aliphatic rings. The predicted octanol–water partition coefficient (Wildman–Crippen LogP) is 2.29. The lowest BCUT2D eigenvalue weighted by atomic mass is 10.2. The van der Waals surface area contributed by atoms with Gasteiger partial charge < -0.3 is 24.4 Å². The van der Waals surface area contributed by atoms with Crippen LogP contribution in [0.2, 0.25) is 5.02 Å². The lowest BCUT2D eigenvalue weighted by Gasteiger charge is -2.26. The fraction of sp³-hybridized carbons (Fsp3) is 0.529. The number of carboxylic acids is 2. The number of hydrogen-bond acceptors (Lipinski definition) is 6.